The van der Waals surface area contributed by atoms with Gasteiger partial charge in [0.05, 0.1) is 5.75 Å². The highest BCUT2D eigenvalue weighted by molar-refractivity contribution is 7.89. The normalized spacial score (nSPS) is 10.9. The molecule has 0 fully saturated rings. The fourth-order valence-corrected chi connectivity index (χ4v) is 1.37. The first kappa shape index (κ1) is 13.3. The number of carbonyl (C=O) groups is 1. The van der Waals surface area contributed by atoms with Crippen LogP contribution in [0, 0.1) is 0 Å². The molecule has 0 unspecified atom stereocenters. The maximum Gasteiger partial charge on any atom is 0.271 e. The van der Waals surface area contributed by atoms with Crippen molar-refractivity contribution < 1.29 is 13.2 Å². The maximum absolute atomic E-state index is 11.5. The highest BCUT2D eigenvalue weighted by atomic mass is 32.2. The van der Waals surface area contributed by atoms with Gasteiger partial charge in [-0.05, 0) is 12.1 Å². The zero-order valence-corrected chi connectivity index (χ0v) is 9.99. The lowest BCUT2D eigenvalue weighted by Gasteiger charge is -2.03. The van der Waals surface area contributed by atoms with Gasteiger partial charge in [-0.25, -0.2) is 13.6 Å². The number of primary sulfonamides is 1. The van der Waals surface area contributed by atoms with Gasteiger partial charge in [0, 0.05) is 13.6 Å². The highest BCUT2D eigenvalue weighted by Gasteiger charge is 2.09. The van der Waals surface area contributed by atoms with Crippen LogP contribution in [0.4, 0.5) is 5.82 Å². The molecule has 0 aliphatic rings. The minimum absolute atomic E-state index is 0.0624. The van der Waals surface area contributed by atoms with Crippen LogP contribution in [-0.4, -0.2) is 43.9 Å². The molecule has 0 saturated carbocycles. The van der Waals surface area contributed by atoms with E-state index in [-0.39, 0.29) is 18.0 Å². The molecular formula is C8H13N5O3S. The second-order valence-electron chi connectivity index (χ2n) is 3.18. The zero-order valence-electron chi connectivity index (χ0n) is 9.17. The first-order valence-electron chi connectivity index (χ1n) is 4.72. The summed E-state index contributed by atoms with van der Waals surface area (Å²) in [6.45, 7) is -0.0624. The van der Waals surface area contributed by atoms with Crippen LogP contribution < -0.4 is 15.8 Å². The number of sulfonamides is 1. The van der Waals surface area contributed by atoms with E-state index in [2.05, 4.69) is 20.8 Å². The molecule has 0 spiro atoms. The van der Waals surface area contributed by atoms with Gasteiger partial charge in [0.15, 0.2) is 5.69 Å². The molecule has 8 nitrogen and oxygen atoms in total. The molecule has 0 atom stereocenters. The number of aromatic nitrogens is 2. The van der Waals surface area contributed by atoms with Crippen LogP contribution in [-0.2, 0) is 10.0 Å². The van der Waals surface area contributed by atoms with Gasteiger partial charge in [0.2, 0.25) is 10.0 Å². The Bertz CT molecular complexity index is 484. The van der Waals surface area contributed by atoms with E-state index in [1.807, 2.05) is 0 Å². The van der Waals surface area contributed by atoms with E-state index in [1.165, 1.54) is 6.07 Å². The second kappa shape index (κ2) is 5.55. The molecule has 0 radical (unpaired) electrons. The maximum atomic E-state index is 11.5. The number of rotatable bonds is 5. The van der Waals surface area contributed by atoms with Gasteiger partial charge in [0.1, 0.15) is 5.82 Å². The van der Waals surface area contributed by atoms with Gasteiger partial charge in [-0.2, -0.15) is 0 Å². The fourth-order valence-electron chi connectivity index (χ4n) is 0.984. The summed E-state index contributed by atoms with van der Waals surface area (Å²) in [6, 6.07) is 3.06. The number of nitrogens with zero attached hydrogens (tertiary/aromatic N) is 2. The van der Waals surface area contributed by atoms with Crippen LogP contribution >= 0.6 is 0 Å². The summed E-state index contributed by atoms with van der Waals surface area (Å²) in [5.74, 6) is -0.282. The average Bonchev–Trinajstić information content (AvgIpc) is 2.27. The van der Waals surface area contributed by atoms with Crippen molar-refractivity contribution >= 4 is 21.7 Å². The summed E-state index contributed by atoms with van der Waals surface area (Å²) < 4.78 is 21.2. The first-order chi connectivity index (χ1) is 7.92. The topological polar surface area (TPSA) is 127 Å². The summed E-state index contributed by atoms with van der Waals surface area (Å²) in [7, 11) is -1.90. The van der Waals surface area contributed by atoms with Crippen LogP contribution in [0.15, 0.2) is 12.1 Å². The molecule has 1 aromatic heterocycles. The van der Waals surface area contributed by atoms with Crippen molar-refractivity contribution in [3.8, 4) is 0 Å². The molecule has 0 bridgehead atoms. The minimum atomic E-state index is -3.57. The third kappa shape index (κ3) is 4.74. The van der Waals surface area contributed by atoms with E-state index < -0.39 is 15.9 Å². The Balaban J connectivity index is 2.52. The molecule has 0 aliphatic carbocycles. The number of nitrogens with two attached hydrogens (primary N) is 1. The predicted molar refractivity (Wildman–Crippen MR) is 61.9 cm³/mol. The molecule has 17 heavy (non-hydrogen) atoms. The second-order valence-corrected chi connectivity index (χ2v) is 4.91. The third-order valence-electron chi connectivity index (χ3n) is 1.83. The van der Waals surface area contributed by atoms with Gasteiger partial charge >= 0.3 is 0 Å². The van der Waals surface area contributed by atoms with Gasteiger partial charge in [-0.3, -0.25) is 4.79 Å². The van der Waals surface area contributed by atoms with E-state index in [9.17, 15) is 13.2 Å². The van der Waals surface area contributed by atoms with Crippen LogP contribution in [0.1, 0.15) is 10.5 Å². The van der Waals surface area contributed by atoms with Gasteiger partial charge in [0.25, 0.3) is 5.91 Å². The SMILES string of the molecule is CNc1ccc(C(=O)NCCS(N)(=O)=O)nn1. The van der Waals surface area contributed by atoms with Crippen molar-refractivity contribution in [3.05, 3.63) is 17.8 Å². The van der Waals surface area contributed by atoms with Crippen molar-refractivity contribution in [2.75, 3.05) is 24.7 Å². The Morgan fingerprint density at radius 1 is 1.41 bits per heavy atom. The quantitative estimate of drug-likeness (QED) is 0.593. The van der Waals surface area contributed by atoms with Crippen LogP contribution in [0.25, 0.3) is 0 Å². The van der Waals surface area contributed by atoms with Crippen LogP contribution in [0.5, 0.6) is 0 Å². The number of hydrogen-bond donors (Lipinski definition) is 3. The third-order valence-corrected chi connectivity index (χ3v) is 2.60. The van der Waals surface area contributed by atoms with Crippen molar-refractivity contribution in [3.63, 3.8) is 0 Å². The Morgan fingerprint density at radius 3 is 2.59 bits per heavy atom. The molecule has 1 amide bonds. The first-order valence-corrected chi connectivity index (χ1v) is 6.44. The van der Waals surface area contributed by atoms with Gasteiger partial charge in [-0.1, -0.05) is 0 Å². The van der Waals surface area contributed by atoms with Crippen molar-refractivity contribution in [2.45, 2.75) is 0 Å². The standard InChI is InChI=1S/C8H13N5O3S/c1-10-7-3-2-6(12-13-7)8(14)11-4-5-17(9,15)16/h2-3H,4-5H2,1H3,(H,10,13)(H,11,14)(H2,9,15,16). The average molecular weight is 259 g/mol. The smallest absolute Gasteiger partial charge is 0.271 e. The summed E-state index contributed by atoms with van der Waals surface area (Å²) in [6.07, 6.45) is 0. The Labute approximate surface area is 98.7 Å². The zero-order chi connectivity index (χ0) is 12.9. The number of nitrogens with one attached hydrogen (secondary N) is 2. The molecule has 1 rings (SSSR count). The predicted octanol–water partition coefficient (Wildman–Crippen LogP) is -1.46. The molecule has 0 saturated heterocycles. The Morgan fingerprint density at radius 2 is 2.12 bits per heavy atom. The summed E-state index contributed by atoms with van der Waals surface area (Å²) in [4.78, 5) is 11.5. The van der Waals surface area contributed by atoms with E-state index in [0.717, 1.165) is 0 Å². The van der Waals surface area contributed by atoms with Crippen molar-refractivity contribution in [1.82, 2.24) is 15.5 Å². The molecule has 94 valence electrons. The number of carbonyl (C=O) groups excluding carboxylic acids is 1. The van der Waals surface area contributed by atoms with E-state index in [0.29, 0.717) is 5.82 Å². The molecule has 9 heteroatoms. The van der Waals surface area contributed by atoms with E-state index >= 15 is 0 Å². The van der Waals surface area contributed by atoms with E-state index in [4.69, 9.17) is 5.14 Å². The monoisotopic (exact) mass is 259 g/mol. The molecule has 1 aromatic rings. The molecular weight excluding hydrogens is 246 g/mol. The van der Waals surface area contributed by atoms with Gasteiger partial charge in [-0.15, -0.1) is 10.2 Å². The van der Waals surface area contributed by atoms with Crippen molar-refractivity contribution in [2.24, 2.45) is 5.14 Å². The largest absolute Gasteiger partial charge is 0.372 e. The number of anilines is 1. The van der Waals surface area contributed by atoms with Gasteiger partial charge < -0.3 is 10.6 Å². The van der Waals surface area contributed by atoms with Crippen LogP contribution in [0.3, 0.4) is 0 Å². The van der Waals surface area contributed by atoms with Crippen LogP contribution in [0.2, 0.25) is 0 Å². The Hall–Kier alpha value is -1.74. The lowest BCUT2D eigenvalue weighted by molar-refractivity contribution is 0.0950. The van der Waals surface area contributed by atoms with E-state index in [1.54, 1.807) is 13.1 Å². The molecule has 0 aromatic carbocycles. The van der Waals surface area contributed by atoms with Crippen molar-refractivity contribution in [1.29, 1.82) is 0 Å². The summed E-state index contributed by atoms with van der Waals surface area (Å²) in [5, 5.41) is 17.3. The molecule has 1 heterocycles. The lowest BCUT2D eigenvalue weighted by atomic mass is 10.3. The highest BCUT2D eigenvalue weighted by Crippen LogP contribution is 2.00. The number of amides is 1. The lowest BCUT2D eigenvalue weighted by Crippen LogP contribution is -2.32. The summed E-state index contributed by atoms with van der Waals surface area (Å²) in [5.41, 5.74) is 0.110. The molecule has 0 aliphatic heterocycles. The number of hydrogen-bond acceptors (Lipinski definition) is 6. The summed E-state index contributed by atoms with van der Waals surface area (Å²) >= 11 is 0. The Kier molecular flexibility index (Phi) is 4.35. The minimum Gasteiger partial charge on any atom is -0.372 e. The fraction of sp³-hybridized carbons (Fsp3) is 0.375. The molecule has 4 N–H and O–H groups in total.